The average molecular weight is 304 g/mol. The van der Waals surface area contributed by atoms with Crippen molar-refractivity contribution in [3.63, 3.8) is 0 Å². The molecule has 2 rings (SSSR count). The van der Waals surface area contributed by atoms with Gasteiger partial charge in [-0.2, -0.15) is 0 Å². The Labute approximate surface area is 122 Å². The summed E-state index contributed by atoms with van der Waals surface area (Å²) in [6.45, 7) is 2.27. The Hall–Kier alpha value is -0.170. The number of hydrogen-bond acceptors (Lipinski definition) is 4. The summed E-state index contributed by atoms with van der Waals surface area (Å²) in [5, 5.41) is 3.40. The van der Waals surface area contributed by atoms with E-state index in [2.05, 4.69) is 10.0 Å². The second kappa shape index (κ2) is 8.32. The highest BCUT2D eigenvalue weighted by Crippen LogP contribution is 2.18. The van der Waals surface area contributed by atoms with Crippen molar-refractivity contribution in [1.29, 1.82) is 0 Å². The van der Waals surface area contributed by atoms with Crippen LogP contribution in [0.4, 0.5) is 0 Å². The van der Waals surface area contributed by atoms with Gasteiger partial charge in [0.1, 0.15) is 0 Å². The van der Waals surface area contributed by atoms with E-state index in [0.29, 0.717) is 12.6 Å². The van der Waals surface area contributed by atoms with E-state index in [0.717, 1.165) is 45.3 Å². The second-order valence-electron chi connectivity index (χ2n) is 5.93. The van der Waals surface area contributed by atoms with Gasteiger partial charge in [-0.3, -0.25) is 0 Å². The summed E-state index contributed by atoms with van der Waals surface area (Å²) >= 11 is 0. The fourth-order valence-electron chi connectivity index (χ4n) is 2.49. The number of unbranched alkanes of at least 4 members (excludes halogenated alkanes) is 1. The van der Waals surface area contributed by atoms with Gasteiger partial charge in [-0.15, -0.1) is 0 Å². The summed E-state index contributed by atoms with van der Waals surface area (Å²) in [7, 11) is -3.10. The van der Waals surface area contributed by atoms with Crippen LogP contribution in [-0.4, -0.2) is 46.0 Å². The van der Waals surface area contributed by atoms with Gasteiger partial charge < -0.3 is 10.1 Å². The number of nitrogens with one attached hydrogen (secondary N) is 2. The highest BCUT2D eigenvalue weighted by molar-refractivity contribution is 7.89. The monoisotopic (exact) mass is 304 g/mol. The van der Waals surface area contributed by atoms with E-state index < -0.39 is 10.0 Å². The van der Waals surface area contributed by atoms with E-state index in [1.165, 1.54) is 19.3 Å². The van der Waals surface area contributed by atoms with Crippen LogP contribution >= 0.6 is 0 Å². The molecule has 2 fully saturated rings. The smallest absolute Gasteiger partial charge is 0.211 e. The summed E-state index contributed by atoms with van der Waals surface area (Å²) in [5.74, 6) is 0.241. The molecular weight excluding hydrogens is 276 g/mol. The van der Waals surface area contributed by atoms with Gasteiger partial charge >= 0.3 is 0 Å². The first-order valence-corrected chi connectivity index (χ1v) is 9.63. The van der Waals surface area contributed by atoms with E-state index in [1.807, 2.05) is 0 Å². The van der Waals surface area contributed by atoms with Crippen LogP contribution in [0.5, 0.6) is 0 Å². The highest BCUT2D eigenvalue weighted by atomic mass is 32.2. The molecule has 118 valence electrons. The summed E-state index contributed by atoms with van der Waals surface area (Å²) in [6.07, 6.45) is 8.67. The van der Waals surface area contributed by atoms with Crippen molar-refractivity contribution in [3.05, 3.63) is 0 Å². The van der Waals surface area contributed by atoms with E-state index in [1.54, 1.807) is 0 Å². The SMILES string of the molecule is O=S(=O)(CCCCNC1CC1)NCCC1CCCCO1. The minimum atomic E-state index is -3.10. The van der Waals surface area contributed by atoms with Gasteiger partial charge in [-0.25, -0.2) is 13.1 Å². The van der Waals surface area contributed by atoms with E-state index >= 15 is 0 Å². The molecule has 6 heteroatoms. The Kier molecular flexibility index (Phi) is 6.74. The lowest BCUT2D eigenvalue weighted by molar-refractivity contribution is 0.0123. The molecule has 2 N–H and O–H groups in total. The largest absolute Gasteiger partial charge is 0.378 e. The van der Waals surface area contributed by atoms with Crippen LogP contribution in [0.1, 0.15) is 51.4 Å². The van der Waals surface area contributed by atoms with E-state index in [-0.39, 0.29) is 11.9 Å². The third-order valence-corrected chi connectivity index (χ3v) is 5.38. The van der Waals surface area contributed by atoms with Crippen molar-refractivity contribution in [2.24, 2.45) is 0 Å². The lowest BCUT2D eigenvalue weighted by atomic mass is 10.1. The molecule has 5 nitrogen and oxygen atoms in total. The molecule has 0 aromatic rings. The van der Waals surface area contributed by atoms with Crippen molar-refractivity contribution < 1.29 is 13.2 Å². The Balaban J connectivity index is 1.48. The van der Waals surface area contributed by atoms with Crippen LogP contribution in [0.2, 0.25) is 0 Å². The molecule has 1 unspecified atom stereocenters. The molecule has 1 saturated carbocycles. The van der Waals surface area contributed by atoms with Gasteiger partial charge in [0.2, 0.25) is 10.0 Å². The molecule has 0 amide bonds. The first-order chi connectivity index (χ1) is 9.66. The average Bonchev–Trinajstić information content (AvgIpc) is 3.23. The lowest BCUT2D eigenvalue weighted by Gasteiger charge is -2.22. The predicted molar refractivity (Wildman–Crippen MR) is 80.3 cm³/mol. The van der Waals surface area contributed by atoms with Gasteiger partial charge in [0.05, 0.1) is 11.9 Å². The molecule has 0 aromatic heterocycles. The first kappa shape index (κ1) is 16.2. The first-order valence-electron chi connectivity index (χ1n) is 7.98. The van der Waals surface area contributed by atoms with Crippen LogP contribution in [0.3, 0.4) is 0 Å². The maximum Gasteiger partial charge on any atom is 0.211 e. The number of sulfonamides is 1. The van der Waals surface area contributed by atoms with E-state index in [9.17, 15) is 8.42 Å². The van der Waals surface area contributed by atoms with Crippen molar-refractivity contribution in [2.45, 2.75) is 63.5 Å². The fraction of sp³-hybridized carbons (Fsp3) is 1.00. The molecule has 0 bridgehead atoms. The molecule has 2 aliphatic rings. The Morgan fingerprint density at radius 1 is 1.05 bits per heavy atom. The van der Waals surface area contributed by atoms with Crippen LogP contribution in [0.15, 0.2) is 0 Å². The summed E-state index contributed by atoms with van der Waals surface area (Å²) in [4.78, 5) is 0. The number of hydrogen-bond donors (Lipinski definition) is 2. The molecule has 0 radical (unpaired) electrons. The number of rotatable bonds is 10. The van der Waals surface area contributed by atoms with Crippen molar-refractivity contribution >= 4 is 10.0 Å². The summed E-state index contributed by atoms with van der Waals surface area (Å²) in [6, 6.07) is 0.709. The highest BCUT2D eigenvalue weighted by Gasteiger charge is 2.19. The van der Waals surface area contributed by atoms with Crippen LogP contribution in [0.25, 0.3) is 0 Å². The van der Waals surface area contributed by atoms with Gasteiger partial charge in [-0.1, -0.05) is 0 Å². The lowest BCUT2D eigenvalue weighted by Crippen LogP contribution is -2.31. The minimum Gasteiger partial charge on any atom is -0.378 e. The molecule has 0 aromatic carbocycles. The molecular formula is C14H28N2O3S. The Bertz CT molecular complexity index is 363. The number of ether oxygens (including phenoxy) is 1. The Morgan fingerprint density at radius 2 is 1.90 bits per heavy atom. The van der Waals surface area contributed by atoms with Crippen LogP contribution in [-0.2, 0) is 14.8 Å². The van der Waals surface area contributed by atoms with Crippen LogP contribution in [0, 0.1) is 0 Å². The topological polar surface area (TPSA) is 67.4 Å². The fourth-order valence-corrected chi connectivity index (χ4v) is 3.65. The van der Waals surface area contributed by atoms with E-state index in [4.69, 9.17) is 4.74 Å². The third kappa shape index (κ3) is 7.02. The Morgan fingerprint density at radius 3 is 2.60 bits per heavy atom. The van der Waals surface area contributed by atoms with Gasteiger partial charge in [0.15, 0.2) is 0 Å². The van der Waals surface area contributed by atoms with Crippen molar-refractivity contribution in [3.8, 4) is 0 Å². The predicted octanol–water partition coefficient (Wildman–Crippen LogP) is 1.40. The zero-order valence-electron chi connectivity index (χ0n) is 12.3. The molecule has 1 aliphatic carbocycles. The molecule has 1 saturated heterocycles. The van der Waals surface area contributed by atoms with Crippen molar-refractivity contribution in [2.75, 3.05) is 25.4 Å². The summed E-state index contributed by atoms with van der Waals surface area (Å²) < 4.78 is 31.9. The van der Waals surface area contributed by atoms with Gasteiger partial charge in [-0.05, 0) is 57.9 Å². The normalized spacial score (nSPS) is 23.9. The molecule has 1 aliphatic heterocycles. The summed E-state index contributed by atoms with van der Waals surface area (Å²) in [5.41, 5.74) is 0. The quantitative estimate of drug-likeness (QED) is 0.599. The van der Waals surface area contributed by atoms with Crippen LogP contribution < -0.4 is 10.0 Å². The second-order valence-corrected chi connectivity index (χ2v) is 7.85. The molecule has 1 atom stereocenters. The van der Waals surface area contributed by atoms with Gasteiger partial charge in [0, 0.05) is 19.2 Å². The minimum absolute atomic E-state index is 0.241. The maximum atomic E-state index is 11.8. The zero-order chi connectivity index (χ0) is 14.3. The van der Waals surface area contributed by atoms with Gasteiger partial charge in [0.25, 0.3) is 0 Å². The maximum absolute atomic E-state index is 11.8. The van der Waals surface area contributed by atoms with Crippen molar-refractivity contribution in [1.82, 2.24) is 10.0 Å². The molecule has 0 spiro atoms. The molecule has 20 heavy (non-hydrogen) atoms. The third-order valence-electron chi connectivity index (χ3n) is 3.91. The molecule has 1 heterocycles. The zero-order valence-corrected chi connectivity index (χ0v) is 13.1. The standard InChI is InChI=1S/C14H28N2O3S/c17-20(18,12-4-2-9-15-13-6-7-13)16-10-8-14-5-1-3-11-19-14/h13-16H,1-12H2.